The maximum Gasteiger partial charge on any atom is 0.256 e. The number of hydrogen-bond acceptors (Lipinski definition) is 9. The Labute approximate surface area is 209 Å². The molecule has 1 aliphatic heterocycles. The molecule has 11 nitrogen and oxygen atoms in total. The van der Waals surface area contributed by atoms with Crippen molar-refractivity contribution in [2.75, 3.05) is 35.2 Å². The molecule has 1 saturated heterocycles. The van der Waals surface area contributed by atoms with Crippen LogP contribution in [0.2, 0.25) is 0 Å². The van der Waals surface area contributed by atoms with E-state index in [-0.39, 0.29) is 21.8 Å². The summed E-state index contributed by atoms with van der Waals surface area (Å²) >= 11 is 3.07. The van der Waals surface area contributed by atoms with E-state index >= 15 is 0 Å². The molecule has 35 heavy (non-hydrogen) atoms. The molecule has 0 aliphatic carbocycles. The van der Waals surface area contributed by atoms with Gasteiger partial charge in [0.15, 0.2) is 5.69 Å². The minimum absolute atomic E-state index is 0.0611. The monoisotopic (exact) mass is 568 g/mol. The first-order valence-electron chi connectivity index (χ1n) is 10.4. The smallest absolute Gasteiger partial charge is 0.256 e. The Morgan fingerprint density at radius 2 is 1.86 bits per heavy atom. The van der Waals surface area contributed by atoms with Gasteiger partial charge in [-0.05, 0) is 62.1 Å². The summed E-state index contributed by atoms with van der Waals surface area (Å²) in [6.45, 7) is 1.84. The largest absolute Gasteiger partial charge is 0.409 e. The van der Waals surface area contributed by atoms with Crippen molar-refractivity contribution >= 4 is 49.8 Å². The van der Waals surface area contributed by atoms with Crippen molar-refractivity contribution in [3.8, 4) is 0 Å². The second-order valence-electron chi connectivity index (χ2n) is 7.80. The Hall–Kier alpha value is -3.04. The second-order valence-corrected chi connectivity index (χ2v) is 11.1. The maximum absolute atomic E-state index is 13.5. The average molecular weight is 569 g/mol. The van der Waals surface area contributed by atoms with Crippen molar-refractivity contribution in [1.29, 1.82) is 0 Å². The van der Waals surface area contributed by atoms with Gasteiger partial charge in [-0.3, -0.25) is 18.8 Å². The molecule has 2 heterocycles. The number of nitrogens with zero attached hydrogens (tertiary/aromatic N) is 4. The summed E-state index contributed by atoms with van der Waals surface area (Å²) in [6, 6.07) is 11.0. The van der Waals surface area contributed by atoms with E-state index in [1.165, 1.54) is 18.2 Å². The second kappa shape index (κ2) is 10.7. The highest BCUT2D eigenvalue weighted by atomic mass is 79.9. The summed E-state index contributed by atoms with van der Waals surface area (Å²) in [5, 5.41) is 25.3. The Morgan fingerprint density at radius 3 is 2.51 bits per heavy atom. The van der Waals surface area contributed by atoms with Crippen LogP contribution in [0.4, 0.5) is 15.9 Å². The Morgan fingerprint density at radius 1 is 1.14 bits per heavy atom. The van der Waals surface area contributed by atoms with E-state index in [1.54, 1.807) is 12.1 Å². The summed E-state index contributed by atoms with van der Waals surface area (Å²) in [5.41, 5.74) is 1.66. The quantitative estimate of drug-likeness (QED) is 0.128. The predicted octanol–water partition coefficient (Wildman–Crippen LogP) is 4.04. The number of rotatable bonds is 6. The fraction of sp³-hybridized carbons (Fsp3) is 0.238. The van der Waals surface area contributed by atoms with Crippen LogP contribution in [-0.2, 0) is 6.54 Å². The first kappa shape index (κ1) is 25.1. The van der Waals surface area contributed by atoms with Gasteiger partial charge < -0.3 is 15.8 Å². The van der Waals surface area contributed by atoms with Crippen LogP contribution in [0, 0.1) is 5.82 Å². The van der Waals surface area contributed by atoms with Gasteiger partial charge in [0.2, 0.25) is 11.7 Å². The molecule has 0 bridgehead atoms. The zero-order valence-electron chi connectivity index (χ0n) is 18.2. The molecule has 14 heteroatoms. The molecule has 1 amide bonds. The van der Waals surface area contributed by atoms with Gasteiger partial charge in [0.25, 0.3) is 5.91 Å². The summed E-state index contributed by atoms with van der Waals surface area (Å²) in [7, 11) is -2.44. The molecular formula is C21H22BrFN6O5S. The molecule has 3 aromatic rings. The molecule has 0 unspecified atom stereocenters. The number of amides is 1. The summed E-state index contributed by atoms with van der Waals surface area (Å²) in [4.78, 5) is 14.9. The van der Waals surface area contributed by atoms with E-state index in [0.717, 1.165) is 5.56 Å². The van der Waals surface area contributed by atoms with Gasteiger partial charge >= 0.3 is 0 Å². The topological polar surface area (TPSA) is 156 Å². The summed E-state index contributed by atoms with van der Waals surface area (Å²) < 4.78 is 37.9. The van der Waals surface area contributed by atoms with Gasteiger partial charge in [0.1, 0.15) is 5.82 Å². The van der Waals surface area contributed by atoms with Gasteiger partial charge in [0, 0.05) is 30.9 Å². The highest BCUT2D eigenvalue weighted by Gasteiger charge is 2.23. The summed E-state index contributed by atoms with van der Waals surface area (Å²) in [6.07, 6.45) is 0. The van der Waals surface area contributed by atoms with E-state index < -0.39 is 22.3 Å². The molecule has 2 aromatic carbocycles. The molecule has 5 N–H and O–H groups in total. The number of nitrogens with one attached hydrogen (secondary N) is 2. The number of aromatic nitrogens is 2. The van der Waals surface area contributed by atoms with E-state index in [1.807, 2.05) is 12.1 Å². The number of benzene rings is 2. The van der Waals surface area contributed by atoms with Crippen LogP contribution in [0.15, 0.2) is 56.7 Å². The SMILES string of the molecule is O=C(Nc1nonc1C(=NO)Nc1ccc(F)c(Br)c1)c1ccc(CN2CCS(O)(O)CC2)cc1. The molecule has 1 aromatic heterocycles. The van der Waals surface area contributed by atoms with Crippen molar-refractivity contribution in [3.05, 3.63) is 69.6 Å². The van der Waals surface area contributed by atoms with Crippen molar-refractivity contribution in [2.45, 2.75) is 6.54 Å². The van der Waals surface area contributed by atoms with Crippen LogP contribution in [0.25, 0.3) is 0 Å². The number of carbonyl (C=O) groups excluding carboxylic acids is 1. The Kier molecular flexibility index (Phi) is 7.66. The van der Waals surface area contributed by atoms with Gasteiger partial charge in [-0.25, -0.2) is 9.02 Å². The maximum atomic E-state index is 13.5. The lowest BCUT2D eigenvalue weighted by atomic mass is 10.1. The van der Waals surface area contributed by atoms with Crippen LogP contribution in [0.1, 0.15) is 21.6 Å². The van der Waals surface area contributed by atoms with Crippen molar-refractivity contribution < 1.29 is 28.1 Å². The van der Waals surface area contributed by atoms with E-state index in [4.69, 9.17) is 4.63 Å². The van der Waals surface area contributed by atoms with Crippen LogP contribution < -0.4 is 10.6 Å². The predicted molar refractivity (Wildman–Crippen MR) is 133 cm³/mol. The van der Waals surface area contributed by atoms with Gasteiger partial charge in [-0.15, -0.1) is 0 Å². The average Bonchev–Trinajstić information content (AvgIpc) is 3.29. The molecule has 0 radical (unpaired) electrons. The third kappa shape index (κ3) is 6.35. The molecule has 1 aliphatic rings. The molecular weight excluding hydrogens is 547 g/mol. The molecule has 0 atom stereocenters. The fourth-order valence-electron chi connectivity index (χ4n) is 3.39. The molecule has 0 saturated carbocycles. The lowest BCUT2D eigenvalue weighted by Gasteiger charge is -2.41. The highest BCUT2D eigenvalue weighted by Crippen LogP contribution is 2.40. The van der Waals surface area contributed by atoms with E-state index in [0.29, 0.717) is 42.4 Å². The zero-order valence-corrected chi connectivity index (χ0v) is 20.6. The fourth-order valence-corrected chi connectivity index (χ4v) is 5.07. The van der Waals surface area contributed by atoms with Crippen molar-refractivity contribution in [2.24, 2.45) is 5.16 Å². The molecule has 4 rings (SSSR count). The Bertz CT molecular complexity index is 1230. The van der Waals surface area contributed by atoms with Crippen LogP contribution in [-0.4, -0.2) is 65.9 Å². The third-order valence-electron chi connectivity index (χ3n) is 5.32. The number of carbonyl (C=O) groups is 1. The lowest BCUT2D eigenvalue weighted by Crippen LogP contribution is -2.37. The number of hydrogen-bond donors (Lipinski definition) is 5. The Balaban J connectivity index is 1.40. The van der Waals surface area contributed by atoms with Crippen LogP contribution >= 0.6 is 26.5 Å². The highest BCUT2D eigenvalue weighted by molar-refractivity contribution is 9.10. The van der Waals surface area contributed by atoms with Crippen LogP contribution in [0.5, 0.6) is 0 Å². The first-order valence-corrected chi connectivity index (χ1v) is 13.1. The first-order chi connectivity index (χ1) is 16.7. The number of oxime groups is 1. The summed E-state index contributed by atoms with van der Waals surface area (Å²) in [5.74, 6) is -0.458. The normalized spacial score (nSPS) is 17.1. The minimum atomic E-state index is -2.44. The van der Waals surface area contributed by atoms with Crippen molar-refractivity contribution in [3.63, 3.8) is 0 Å². The third-order valence-corrected chi connectivity index (χ3v) is 7.60. The van der Waals surface area contributed by atoms with Crippen LogP contribution in [0.3, 0.4) is 0 Å². The standard InChI is InChI=1S/C21H22BrFN6O5S/c22-16-11-15(5-6-17(16)23)24-19(26-31)18-20(28-34-27-18)25-21(30)14-3-1-13(2-4-14)12-29-7-9-35(32,33)10-8-29/h1-6,11,31-33H,7-10,12H2,(H,24,26)(H,25,28,30). The lowest BCUT2D eigenvalue weighted by molar-refractivity contribution is 0.102. The number of halogens is 2. The van der Waals surface area contributed by atoms with Gasteiger partial charge in [0.05, 0.1) is 16.0 Å². The molecule has 1 fully saturated rings. The molecule has 0 spiro atoms. The van der Waals surface area contributed by atoms with E-state index in [2.05, 4.69) is 46.9 Å². The van der Waals surface area contributed by atoms with E-state index in [9.17, 15) is 23.5 Å². The number of amidine groups is 1. The zero-order chi connectivity index (χ0) is 25.0. The molecule has 186 valence electrons. The minimum Gasteiger partial charge on any atom is -0.409 e. The van der Waals surface area contributed by atoms with Crippen molar-refractivity contribution in [1.82, 2.24) is 15.2 Å². The van der Waals surface area contributed by atoms with Gasteiger partial charge in [-0.2, -0.15) is 10.6 Å². The van der Waals surface area contributed by atoms with Gasteiger partial charge in [-0.1, -0.05) is 17.3 Å². The number of anilines is 2.